The number of nitrogens with zero attached hydrogens (tertiary/aromatic N) is 1. The number of phenolic OH excluding ortho intramolecular Hbond substituents is 1. The third-order valence-electron chi connectivity index (χ3n) is 4.43. The van der Waals surface area contributed by atoms with Gasteiger partial charge in [-0.3, -0.25) is 4.79 Å². The average molecular weight is 453 g/mol. The summed E-state index contributed by atoms with van der Waals surface area (Å²) in [6, 6.07) is 15.6. The van der Waals surface area contributed by atoms with Gasteiger partial charge in [0, 0.05) is 10.2 Å². The lowest BCUT2D eigenvalue weighted by Gasteiger charge is -2.11. The first-order valence-electron chi connectivity index (χ1n) is 8.80. The number of amides is 1. The molecule has 0 aliphatic heterocycles. The van der Waals surface area contributed by atoms with Gasteiger partial charge in [-0.05, 0) is 61.0 Å². The Balaban J connectivity index is 1.68. The molecule has 6 nitrogen and oxygen atoms in total. The fraction of sp³-hybridized carbons (Fsp3) is 0.0909. The topological polar surface area (TPSA) is 84.6 Å². The molecule has 4 rings (SSSR count). The van der Waals surface area contributed by atoms with Crippen molar-refractivity contribution < 1.29 is 19.1 Å². The molecule has 3 aromatic carbocycles. The first-order chi connectivity index (χ1) is 13.9. The largest absolute Gasteiger partial charge is 0.507 e. The maximum absolute atomic E-state index is 12.7. The number of methoxy groups -OCH3 is 1. The van der Waals surface area contributed by atoms with E-state index in [0.29, 0.717) is 33.7 Å². The number of fused-ring (bicyclic) bond motifs is 1. The Kier molecular flexibility index (Phi) is 4.98. The third kappa shape index (κ3) is 3.82. The number of oxazole rings is 1. The summed E-state index contributed by atoms with van der Waals surface area (Å²) in [5.41, 5.74) is 3.64. The third-order valence-corrected chi connectivity index (χ3v) is 4.93. The highest BCUT2D eigenvalue weighted by Crippen LogP contribution is 2.34. The van der Waals surface area contributed by atoms with Gasteiger partial charge in [0.25, 0.3) is 5.91 Å². The number of aromatic nitrogens is 1. The average Bonchev–Trinajstić information content (AvgIpc) is 3.12. The summed E-state index contributed by atoms with van der Waals surface area (Å²) in [6.07, 6.45) is 0. The molecule has 0 atom stereocenters. The Morgan fingerprint density at radius 3 is 2.76 bits per heavy atom. The van der Waals surface area contributed by atoms with Crippen molar-refractivity contribution in [1.29, 1.82) is 0 Å². The number of anilines is 1. The van der Waals surface area contributed by atoms with Gasteiger partial charge in [-0.1, -0.05) is 22.0 Å². The summed E-state index contributed by atoms with van der Waals surface area (Å²) < 4.78 is 11.8. The molecular weight excluding hydrogens is 436 g/mol. The van der Waals surface area contributed by atoms with Crippen LogP contribution in [-0.2, 0) is 0 Å². The number of carbonyl (C=O) groups is 1. The number of hydrogen-bond acceptors (Lipinski definition) is 5. The number of aryl methyl sites for hydroxylation is 1. The van der Waals surface area contributed by atoms with Crippen molar-refractivity contribution >= 4 is 38.6 Å². The van der Waals surface area contributed by atoms with E-state index in [-0.39, 0.29) is 17.5 Å². The maximum atomic E-state index is 12.7. The molecule has 0 radical (unpaired) electrons. The van der Waals surface area contributed by atoms with Crippen molar-refractivity contribution in [2.24, 2.45) is 0 Å². The van der Waals surface area contributed by atoms with Gasteiger partial charge in [-0.25, -0.2) is 4.98 Å². The van der Waals surface area contributed by atoms with E-state index in [1.165, 1.54) is 13.2 Å². The standard InChI is InChI=1S/C22H17BrN2O4/c1-12-3-7-20-17(9-12)25-22(29-20)15-11-14(5-6-18(15)26)24-21(27)16-10-13(23)4-8-19(16)28-2/h3-11,26H,1-2H3,(H,24,27). The highest BCUT2D eigenvalue weighted by molar-refractivity contribution is 9.10. The minimum absolute atomic E-state index is 0.00585. The first kappa shape index (κ1) is 19.0. The van der Waals surface area contributed by atoms with E-state index in [4.69, 9.17) is 9.15 Å². The molecule has 0 unspecified atom stereocenters. The van der Waals surface area contributed by atoms with Crippen molar-refractivity contribution in [3.8, 4) is 23.0 Å². The van der Waals surface area contributed by atoms with Crippen LogP contribution in [0.15, 0.2) is 63.5 Å². The van der Waals surface area contributed by atoms with Crippen LogP contribution in [0.25, 0.3) is 22.6 Å². The lowest BCUT2D eigenvalue weighted by molar-refractivity contribution is 0.102. The molecule has 1 aromatic heterocycles. The molecule has 2 N–H and O–H groups in total. The summed E-state index contributed by atoms with van der Waals surface area (Å²) in [7, 11) is 1.51. The number of phenols is 1. The number of carbonyl (C=O) groups excluding carboxylic acids is 1. The summed E-state index contributed by atoms with van der Waals surface area (Å²) >= 11 is 3.36. The van der Waals surface area contributed by atoms with Crippen LogP contribution in [0.4, 0.5) is 5.69 Å². The molecule has 0 saturated carbocycles. The zero-order valence-corrected chi connectivity index (χ0v) is 17.3. The maximum Gasteiger partial charge on any atom is 0.259 e. The summed E-state index contributed by atoms with van der Waals surface area (Å²) in [6.45, 7) is 1.97. The lowest BCUT2D eigenvalue weighted by Crippen LogP contribution is -2.13. The van der Waals surface area contributed by atoms with Gasteiger partial charge in [0.15, 0.2) is 5.58 Å². The summed E-state index contributed by atoms with van der Waals surface area (Å²) in [5, 5.41) is 13.1. The number of benzene rings is 3. The summed E-state index contributed by atoms with van der Waals surface area (Å²) in [5.74, 6) is 0.401. The number of hydrogen-bond donors (Lipinski definition) is 2. The van der Waals surface area contributed by atoms with Gasteiger partial charge in [0.05, 0.1) is 18.2 Å². The fourth-order valence-electron chi connectivity index (χ4n) is 2.99. The van der Waals surface area contributed by atoms with Crippen LogP contribution in [0.3, 0.4) is 0 Å². The van der Waals surface area contributed by atoms with E-state index in [0.717, 1.165) is 10.0 Å². The van der Waals surface area contributed by atoms with E-state index in [2.05, 4.69) is 26.2 Å². The molecule has 1 amide bonds. The van der Waals surface area contributed by atoms with E-state index < -0.39 is 0 Å². The van der Waals surface area contributed by atoms with Crippen LogP contribution < -0.4 is 10.1 Å². The zero-order chi connectivity index (χ0) is 20.5. The minimum atomic E-state index is -0.340. The van der Waals surface area contributed by atoms with Crippen LogP contribution in [0.2, 0.25) is 0 Å². The van der Waals surface area contributed by atoms with Gasteiger partial charge in [0.2, 0.25) is 5.89 Å². The van der Waals surface area contributed by atoms with Gasteiger partial charge < -0.3 is 19.6 Å². The smallest absolute Gasteiger partial charge is 0.259 e. The second-order valence-corrected chi connectivity index (χ2v) is 7.44. The van der Waals surface area contributed by atoms with Gasteiger partial charge in [-0.15, -0.1) is 0 Å². The molecule has 0 fully saturated rings. The Bertz CT molecular complexity index is 1230. The molecule has 0 aliphatic rings. The minimum Gasteiger partial charge on any atom is -0.507 e. The first-order valence-corrected chi connectivity index (χ1v) is 9.59. The predicted octanol–water partition coefficient (Wildman–Crippen LogP) is 5.53. The predicted molar refractivity (Wildman–Crippen MR) is 114 cm³/mol. The zero-order valence-electron chi connectivity index (χ0n) is 15.7. The van der Waals surface area contributed by atoms with Gasteiger partial charge in [0.1, 0.15) is 17.0 Å². The van der Waals surface area contributed by atoms with Crippen LogP contribution in [0, 0.1) is 6.92 Å². The molecule has 0 spiro atoms. The Labute approximate surface area is 175 Å². The number of rotatable bonds is 4. The van der Waals surface area contributed by atoms with Crippen LogP contribution >= 0.6 is 15.9 Å². The van der Waals surface area contributed by atoms with Crippen molar-refractivity contribution in [2.45, 2.75) is 6.92 Å². The van der Waals surface area contributed by atoms with Crippen LogP contribution in [-0.4, -0.2) is 23.1 Å². The van der Waals surface area contributed by atoms with Crippen molar-refractivity contribution in [3.63, 3.8) is 0 Å². The highest BCUT2D eigenvalue weighted by Gasteiger charge is 2.16. The summed E-state index contributed by atoms with van der Waals surface area (Å²) in [4.78, 5) is 17.2. The normalized spacial score (nSPS) is 10.9. The Morgan fingerprint density at radius 1 is 1.14 bits per heavy atom. The molecule has 0 saturated heterocycles. The highest BCUT2D eigenvalue weighted by atomic mass is 79.9. The van der Waals surface area contributed by atoms with E-state index in [1.54, 1.807) is 30.3 Å². The molecule has 7 heteroatoms. The molecule has 29 heavy (non-hydrogen) atoms. The second kappa shape index (κ2) is 7.60. The molecular formula is C22H17BrN2O4. The fourth-order valence-corrected chi connectivity index (χ4v) is 3.35. The number of halogens is 1. The van der Waals surface area contributed by atoms with Crippen molar-refractivity contribution in [2.75, 3.05) is 12.4 Å². The van der Waals surface area contributed by atoms with E-state index in [9.17, 15) is 9.90 Å². The van der Waals surface area contributed by atoms with E-state index >= 15 is 0 Å². The van der Waals surface area contributed by atoms with Crippen LogP contribution in [0.5, 0.6) is 11.5 Å². The lowest BCUT2D eigenvalue weighted by atomic mass is 10.1. The van der Waals surface area contributed by atoms with Crippen molar-refractivity contribution in [3.05, 3.63) is 70.2 Å². The van der Waals surface area contributed by atoms with Gasteiger partial charge >= 0.3 is 0 Å². The van der Waals surface area contributed by atoms with Crippen LogP contribution in [0.1, 0.15) is 15.9 Å². The second-order valence-electron chi connectivity index (χ2n) is 6.52. The molecule has 4 aromatic rings. The monoisotopic (exact) mass is 452 g/mol. The molecule has 0 bridgehead atoms. The Hall–Kier alpha value is -3.32. The van der Waals surface area contributed by atoms with Crippen molar-refractivity contribution in [1.82, 2.24) is 4.98 Å². The number of ether oxygens (including phenoxy) is 1. The SMILES string of the molecule is COc1ccc(Br)cc1C(=O)Nc1ccc(O)c(-c2nc3cc(C)ccc3o2)c1. The number of nitrogens with one attached hydrogen (secondary N) is 1. The molecule has 1 heterocycles. The van der Waals surface area contributed by atoms with E-state index in [1.807, 2.05) is 25.1 Å². The molecule has 0 aliphatic carbocycles. The van der Waals surface area contributed by atoms with Gasteiger partial charge in [-0.2, -0.15) is 0 Å². The Morgan fingerprint density at radius 2 is 1.97 bits per heavy atom. The number of aromatic hydroxyl groups is 1. The molecule has 146 valence electrons. The quantitative estimate of drug-likeness (QED) is 0.397.